The third-order valence-corrected chi connectivity index (χ3v) is 5.47. The molecule has 9 heteroatoms. The van der Waals surface area contributed by atoms with Gasteiger partial charge in [-0.05, 0) is 26.2 Å². The van der Waals surface area contributed by atoms with Crippen molar-refractivity contribution in [3.05, 3.63) is 11.1 Å². The van der Waals surface area contributed by atoms with E-state index in [1.165, 1.54) is 0 Å². The number of ether oxygens (including phenoxy) is 1. The number of methoxy groups -OCH3 is 1. The largest absolute Gasteiger partial charge is 0.385 e. The smallest absolute Gasteiger partial charge is 0.191 e. The Morgan fingerprint density at radius 3 is 2.74 bits per heavy atom. The van der Waals surface area contributed by atoms with E-state index < -0.39 is 0 Å². The molecule has 0 atom stereocenters. The van der Waals surface area contributed by atoms with Crippen LogP contribution in [0, 0.1) is 0 Å². The minimum atomic E-state index is 0. The molecule has 0 spiro atoms. The van der Waals surface area contributed by atoms with Gasteiger partial charge in [0.05, 0.1) is 12.2 Å². The number of hydrogen-bond acceptors (Lipinski definition) is 6. The summed E-state index contributed by atoms with van der Waals surface area (Å²) < 4.78 is 5.14. The van der Waals surface area contributed by atoms with Gasteiger partial charge in [0.2, 0.25) is 0 Å². The second kappa shape index (κ2) is 13.5. The normalized spacial score (nSPS) is 16.1. The maximum absolute atomic E-state index is 5.14. The van der Waals surface area contributed by atoms with Gasteiger partial charge in [0.25, 0.3) is 0 Å². The average Bonchev–Trinajstić information content (AvgIpc) is 3.11. The van der Waals surface area contributed by atoms with Crippen molar-refractivity contribution in [3.63, 3.8) is 0 Å². The van der Waals surface area contributed by atoms with Crippen LogP contribution in [-0.4, -0.2) is 75.9 Å². The summed E-state index contributed by atoms with van der Waals surface area (Å²) in [5, 5.41) is 10.1. The number of aliphatic imine (C=N–C) groups is 1. The van der Waals surface area contributed by atoms with Gasteiger partial charge in [0, 0.05) is 65.4 Å². The predicted molar refractivity (Wildman–Crippen MR) is 126 cm³/mol. The number of anilines is 1. The molecule has 1 aliphatic heterocycles. The monoisotopic (exact) mass is 510 g/mol. The van der Waals surface area contributed by atoms with Crippen molar-refractivity contribution in [1.29, 1.82) is 0 Å². The predicted octanol–water partition coefficient (Wildman–Crippen LogP) is 2.38. The average molecular weight is 510 g/mol. The molecule has 2 heterocycles. The van der Waals surface area contributed by atoms with Crippen LogP contribution < -0.4 is 15.5 Å². The number of halogens is 1. The van der Waals surface area contributed by atoms with Crippen LogP contribution >= 0.6 is 35.3 Å². The molecule has 2 rings (SSSR count). The van der Waals surface area contributed by atoms with Gasteiger partial charge in [-0.1, -0.05) is 0 Å². The number of hydrogen-bond donors (Lipinski definition) is 2. The highest BCUT2D eigenvalue weighted by Crippen LogP contribution is 2.18. The van der Waals surface area contributed by atoms with E-state index in [4.69, 9.17) is 9.73 Å². The van der Waals surface area contributed by atoms with Crippen LogP contribution in [0.4, 0.5) is 5.13 Å². The second-order valence-corrected chi connectivity index (χ2v) is 7.65. The van der Waals surface area contributed by atoms with Gasteiger partial charge in [0.15, 0.2) is 11.1 Å². The molecule has 0 bridgehead atoms. The van der Waals surface area contributed by atoms with E-state index in [0.717, 1.165) is 68.8 Å². The molecule has 1 saturated heterocycles. The summed E-state index contributed by atoms with van der Waals surface area (Å²) in [6.45, 7) is 7.83. The number of piperidine rings is 1. The van der Waals surface area contributed by atoms with Gasteiger partial charge >= 0.3 is 0 Å². The summed E-state index contributed by atoms with van der Waals surface area (Å²) in [6, 6.07) is 0.485. The first-order valence-electron chi connectivity index (χ1n) is 9.50. The van der Waals surface area contributed by atoms with E-state index in [0.29, 0.717) is 12.6 Å². The highest BCUT2D eigenvalue weighted by Gasteiger charge is 2.19. The minimum absolute atomic E-state index is 0. The van der Waals surface area contributed by atoms with Crippen LogP contribution in [0.25, 0.3) is 0 Å². The van der Waals surface area contributed by atoms with Crippen molar-refractivity contribution in [2.24, 2.45) is 4.99 Å². The van der Waals surface area contributed by atoms with Gasteiger partial charge in [-0.3, -0.25) is 0 Å². The van der Waals surface area contributed by atoms with Gasteiger partial charge in [-0.2, -0.15) is 0 Å². The van der Waals surface area contributed by atoms with Crippen LogP contribution in [0.2, 0.25) is 0 Å². The molecule has 0 saturated carbocycles. The molecule has 0 aliphatic carbocycles. The summed E-state index contributed by atoms with van der Waals surface area (Å²) in [5.41, 5.74) is 1.02. The van der Waals surface area contributed by atoms with Crippen LogP contribution in [0.5, 0.6) is 0 Å². The molecule has 0 aromatic carbocycles. The summed E-state index contributed by atoms with van der Waals surface area (Å²) in [5.74, 6) is 0.893. The number of aromatic nitrogens is 1. The Bertz CT molecular complexity index is 546. The second-order valence-electron chi connectivity index (χ2n) is 6.82. The van der Waals surface area contributed by atoms with Crippen LogP contribution in [0.15, 0.2) is 10.4 Å². The number of rotatable bonds is 9. The summed E-state index contributed by atoms with van der Waals surface area (Å²) in [6.07, 6.45) is 3.42. The van der Waals surface area contributed by atoms with Crippen molar-refractivity contribution >= 4 is 46.4 Å². The Balaban J connectivity index is 0.00000364. The third kappa shape index (κ3) is 8.93. The quantitative estimate of drug-likeness (QED) is 0.230. The lowest BCUT2D eigenvalue weighted by atomic mass is 10.1. The highest BCUT2D eigenvalue weighted by atomic mass is 127. The van der Waals surface area contributed by atoms with Crippen molar-refractivity contribution in [1.82, 2.24) is 20.5 Å². The lowest BCUT2D eigenvalue weighted by Gasteiger charge is -2.33. The molecule has 2 N–H and O–H groups in total. The van der Waals surface area contributed by atoms with Gasteiger partial charge in [-0.25, -0.2) is 9.98 Å². The Hall–Kier alpha value is -0.650. The molecule has 156 valence electrons. The molecule has 0 unspecified atom stereocenters. The maximum atomic E-state index is 5.14. The molecule has 1 aromatic rings. The van der Waals surface area contributed by atoms with Crippen LogP contribution in [-0.2, 0) is 11.3 Å². The number of nitrogens with one attached hydrogen (secondary N) is 2. The number of thiazole rings is 1. The zero-order chi connectivity index (χ0) is 18.8. The molecule has 7 nitrogen and oxygen atoms in total. The molecule has 27 heavy (non-hydrogen) atoms. The first-order valence-corrected chi connectivity index (χ1v) is 10.4. The topological polar surface area (TPSA) is 65.0 Å². The Morgan fingerprint density at radius 2 is 2.15 bits per heavy atom. The van der Waals surface area contributed by atoms with E-state index in [9.17, 15) is 0 Å². The number of guanidine groups is 1. The van der Waals surface area contributed by atoms with Gasteiger partial charge in [0.1, 0.15) is 0 Å². The van der Waals surface area contributed by atoms with Crippen molar-refractivity contribution in [3.8, 4) is 0 Å². The standard InChI is InChI=1S/C18H34N6OS.HI/c1-5-19-17(20-13-16-14-26-18(22-16)23(2)3)21-15-7-10-24(11-8-15)9-6-12-25-4;/h14-15H,5-13H2,1-4H3,(H2,19,20,21);1H. The maximum Gasteiger partial charge on any atom is 0.191 e. The first-order chi connectivity index (χ1) is 12.6. The lowest BCUT2D eigenvalue weighted by molar-refractivity contribution is 0.155. The summed E-state index contributed by atoms with van der Waals surface area (Å²) in [4.78, 5) is 13.9. The molecular weight excluding hydrogens is 475 g/mol. The fourth-order valence-corrected chi connectivity index (χ4v) is 3.73. The van der Waals surface area contributed by atoms with E-state index in [-0.39, 0.29) is 24.0 Å². The van der Waals surface area contributed by atoms with E-state index >= 15 is 0 Å². The first kappa shape index (κ1) is 24.4. The van der Waals surface area contributed by atoms with Crippen molar-refractivity contribution in [2.75, 3.05) is 58.9 Å². The minimum Gasteiger partial charge on any atom is -0.385 e. The van der Waals surface area contributed by atoms with E-state index in [1.807, 2.05) is 19.0 Å². The fourth-order valence-electron chi connectivity index (χ4n) is 2.98. The molecule has 0 radical (unpaired) electrons. The summed E-state index contributed by atoms with van der Waals surface area (Å²) >= 11 is 1.66. The Kier molecular flexibility index (Phi) is 12.2. The van der Waals surface area contributed by atoms with Gasteiger partial charge < -0.3 is 25.2 Å². The zero-order valence-corrected chi connectivity index (χ0v) is 20.2. The molecule has 1 fully saturated rings. The fraction of sp³-hybridized carbons (Fsp3) is 0.778. The van der Waals surface area contributed by atoms with E-state index in [1.54, 1.807) is 18.4 Å². The SMILES string of the molecule is CCNC(=NCc1csc(N(C)C)n1)NC1CCN(CCCOC)CC1.I. The zero-order valence-electron chi connectivity index (χ0n) is 17.0. The lowest BCUT2D eigenvalue weighted by Crippen LogP contribution is -2.48. The molecule has 1 aliphatic rings. The third-order valence-electron chi connectivity index (χ3n) is 4.42. The van der Waals surface area contributed by atoms with Crippen LogP contribution in [0.1, 0.15) is 31.9 Å². The van der Waals surface area contributed by atoms with Crippen molar-refractivity contribution < 1.29 is 4.74 Å². The Labute approximate surface area is 185 Å². The molecular formula is C18H35IN6OS. The van der Waals surface area contributed by atoms with E-state index in [2.05, 4.69) is 32.8 Å². The van der Waals surface area contributed by atoms with Crippen LogP contribution in [0.3, 0.4) is 0 Å². The van der Waals surface area contributed by atoms with Gasteiger partial charge in [-0.15, -0.1) is 35.3 Å². The molecule has 1 aromatic heterocycles. The van der Waals surface area contributed by atoms with Crippen molar-refractivity contribution in [2.45, 2.75) is 38.8 Å². The highest BCUT2D eigenvalue weighted by molar-refractivity contribution is 14.0. The molecule has 0 amide bonds. The summed E-state index contributed by atoms with van der Waals surface area (Å²) in [7, 11) is 5.79. The number of nitrogens with zero attached hydrogens (tertiary/aromatic N) is 4. The number of likely N-dealkylation sites (tertiary alicyclic amines) is 1. The Morgan fingerprint density at radius 1 is 1.41 bits per heavy atom.